The van der Waals surface area contributed by atoms with Crippen LogP contribution >= 0.6 is 0 Å². The van der Waals surface area contributed by atoms with E-state index in [1.807, 2.05) is 13.8 Å². The summed E-state index contributed by atoms with van der Waals surface area (Å²) in [5.74, 6) is 1.92. The number of ether oxygens (including phenoxy) is 1. The van der Waals surface area contributed by atoms with Crippen LogP contribution in [0.3, 0.4) is 0 Å². The lowest BCUT2D eigenvalue weighted by Crippen LogP contribution is -2.11. The van der Waals surface area contributed by atoms with Crippen molar-refractivity contribution in [3.05, 3.63) is 17.6 Å². The lowest BCUT2D eigenvalue weighted by atomic mass is 10.2. The van der Waals surface area contributed by atoms with Crippen molar-refractivity contribution in [2.45, 2.75) is 45.1 Å². The maximum Gasteiger partial charge on any atom is 0.220 e. The molecule has 1 fully saturated rings. The summed E-state index contributed by atoms with van der Waals surface area (Å²) in [5, 5.41) is 0. The van der Waals surface area contributed by atoms with Crippen LogP contribution in [0.15, 0.2) is 6.20 Å². The van der Waals surface area contributed by atoms with Crippen LogP contribution < -0.4 is 4.74 Å². The van der Waals surface area contributed by atoms with Crippen LogP contribution in [0.25, 0.3) is 0 Å². The van der Waals surface area contributed by atoms with Gasteiger partial charge in [-0.3, -0.25) is 0 Å². The molecule has 1 aliphatic carbocycles. The number of hydrogen-bond acceptors (Lipinski definition) is 4. The number of carbonyl (C=O) groups excluding carboxylic acids is 1. The van der Waals surface area contributed by atoms with E-state index < -0.39 is 0 Å². The molecule has 0 N–H and O–H groups in total. The summed E-state index contributed by atoms with van der Waals surface area (Å²) < 4.78 is 5.61. The molecule has 4 heteroatoms. The minimum absolute atomic E-state index is 0.0624. The van der Waals surface area contributed by atoms with E-state index in [9.17, 15) is 4.79 Å². The fourth-order valence-corrected chi connectivity index (χ4v) is 1.50. The van der Waals surface area contributed by atoms with Gasteiger partial charge in [0.1, 0.15) is 12.1 Å². The Balaban J connectivity index is 2.25. The Bertz CT molecular complexity index is 387. The van der Waals surface area contributed by atoms with Crippen LogP contribution in [0.4, 0.5) is 0 Å². The third-order valence-electron chi connectivity index (χ3n) is 2.44. The Hall–Kier alpha value is -1.45. The van der Waals surface area contributed by atoms with Gasteiger partial charge in [-0.1, -0.05) is 0 Å². The van der Waals surface area contributed by atoms with Gasteiger partial charge in [-0.05, 0) is 26.7 Å². The summed E-state index contributed by atoms with van der Waals surface area (Å²) in [6.45, 7) is 3.90. The molecule has 0 unspecified atom stereocenters. The molecule has 0 aliphatic heterocycles. The van der Waals surface area contributed by atoms with Crippen molar-refractivity contribution in [1.29, 1.82) is 0 Å². The lowest BCUT2D eigenvalue weighted by Gasteiger charge is -2.12. The van der Waals surface area contributed by atoms with Crippen LogP contribution in [0.1, 0.15) is 44.0 Å². The van der Waals surface area contributed by atoms with Gasteiger partial charge in [-0.2, -0.15) is 4.98 Å². The van der Waals surface area contributed by atoms with Gasteiger partial charge in [0.15, 0.2) is 0 Å². The summed E-state index contributed by atoms with van der Waals surface area (Å²) in [6, 6.07) is 0. The van der Waals surface area contributed by atoms with E-state index in [1.165, 1.54) is 0 Å². The summed E-state index contributed by atoms with van der Waals surface area (Å²) in [6.07, 6.45) is 5.26. The van der Waals surface area contributed by atoms with E-state index in [2.05, 4.69) is 9.97 Å². The molecule has 0 saturated heterocycles. The smallest absolute Gasteiger partial charge is 0.220 e. The molecule has 0 amide bonds. The number of carbonyl (C=O) groups is 1. The Morgan fingerprint density at radius 1 is 1.56 bits per heavy atom. The molecule has 1 aromatic rings. The van der Waals surface area contributed by atoms with Crippen LogP contribution in [0.5, 0.6) is 5.88 Å². The van der Waals surface area contributed by atoms with Gasteiger partial charge in [0.25, 0.3) is 0 Å². The predicted octanol–water partition coefficient (Wildman–Crippen LogP) is 1.88. The fraction of sp³-hybridized carbons (Fsp3) is 0.583. The molecule has 1 aliphatic rings. The van der Waals surface area contributed by atoms with Gasteiger partial charge in [0, 0.05) is 24.1 Å². The topological polar surface area (TPSA) is 52.1 Å². The minimum Gasteiger partial charge on any atom is -0.475 e. The van der Waals surface area contributed by atoms with E-state index in [-0.39, 0.29) is 6.10 Å². The average molecular weight is 220 g/mol. The molecule has 0 bridgehead atoms. The van der Waals surface area contributed by atoms with Gasteiger partial charge in [-0.25, -0.2) is 4.98 Å². The highest BCUT2D eigenvalue weighted by molar-refractivity contribution is 5.56. The van der Waals surface area contributed by atoms with Crippen LogP contribution in [0.2, 0.25) is 0 Å². The van der Waals surface area contributed by atoms with E-state index in [0.29, 0.717) is 18.2 Å². The largest absolute Gasteiger partial charge is 0.475 e. The Kier molecular flexibility index (Phi) is 3.17. The lowest BCUT2D eigenvalue weighted by molar-refractivity contribution is -0.107. The van der Waals surface area contributed by atoms with Gasteiger partial charge in [0.2, 0.25) is 5.88 Å². The molecule has 0 atom stereocenters. The molecule has 2 rings (SSSR count). The standard InChI is InChI=1S/C12H16N2O2/c1-8(2)16-12-10(5-6-15)7-13-11(14-12)9-3-4-9/h6-9H,3-5H2,1-2H3. The fourth-order valence-electron chi connectivity index (χ4n) is 1.50. The van der Waals surface area contributed by atoms with E-state index in [4.69, 9.17) is 4.74 Å². The van der Waals surface area contributed by atoms with E-state index in [0.717, 1.165) is 30.5 Å². The molecule has 0 aromatic carbocycles. The maximum atomic E-state index is 10.5. The quantitative estimate of drug-likeness (QED) is 0.711. The monoisotopic (exact) mass is 220 g/mol. The molecule has 1 heterocycles. The normalized spacial score (nSPS) is 15.2. The molecule has 0 spiro atoms. The molecule has 1 saturated carbocycles. The molecule has 1 aromatic heterocycles. The summed E-state index contributed by atoms with van der Waals surface area (Å²) in [7, 11) is 0. The van der Waals surface area contributed by atoms with Crippen LogP contribution in [0, 0.1) is 0 Å². The highest BCUT2D eigenvalue weighted by Crippen LogP contribution is 2.38. The SMILES string of the molecule is CC(C)Oc1nc(C2CC2)ncc1CC=O. The van der Waals surface area contributed by atoms with Crippen molar-refractivity contribution in [2.75, 3.05) is 0 Å². The summed E-state index contributed by atoms with van der Waals surface area (Å²) in [5.41, 5.74) is 0.771. The van der Waals surface area contributed by atoms with E-state index in [1.54, 1.807) is 6.20 Å². The first-order valence-corrected chi connectivity index (χ1v) is 5.66. The second-order valence-electron chi connectivity index (χ2n) is 4.37. The second kappa shape index (κ2) is 4.60. The van der Waals surface area contributed by atoms with Crippen molar-refractivity contribution in [1.82, 2.24) is 9.97 Å². The molecule has 86 valence electrons. The Morgan fingerprint density at radius 3 is 2.88 bits per heavy atom. The number of nitrogens with zero attached hydrogens (tertiary/aromatic N) is 2. The Labute approximate surface area is 95.1 Å². The van der Waals surface area contributed by atoms with Crippen molar-refractivity contribution in [3.63, 3.8) is 0 Å². The van der Waals surface area contributed by atoms with Gasteiger partial charge >= 0.3 is 0 Å². The van der Waals surface area contributed by atoms with Crippen molar-refractivity contribution in [2.24, 2.45) is 0 Å². The second-order valence-corrected chi connectivity index (χ2v) is 4.37. The van der Waals surface area contributed by atoms with Gasteiger partial charge in [0.05, 0.1) is 6.10 Å². The van der Waals surface area contributed by atoms with Crippen molar-refractivity contribution >= 4 is 6.29 Å². The first-order valence-electron chi connectivity index (χ1n) is 5.66. The van der Waals surface area contributed by atoms with Crippen molar-refractivity contribution < 1.29 is 9.53 Å². The first kappa shape index (κ1) is 11.0. The number of hydrogen-bond donors (Lipinski definition) is 0. The van der Waals surface area contributed by atoms with Crippen LogP contribution in [-0.4, -0.2) is 22.4 Å². The highest BCUT2D eigenvalue weighted by Gasteiger charge is 2.27. The highest BCUT2D eigenvalue weighted by atomic mass is 16.5. The number of aromatic nitrogens is 2. The van der Waals surface area contributed by atoms with Crippen LogP contribution in [-0.2, 0) is 11.2 Å². The summed E-state index contributed by atoms with van der Waals surface area (Å²) >= 11 is 0. The molecule has 16 heavy (non-hydrogen) atoms. The predicted molar refractivity (Wildman–Crippen MR) is 59.5 cm³/mol. The van der Waals surface area contributed by atoms with Crippen molar-refractivity contribution in [3.8, 4) is 5.88 Å². The zero-order valence-corrected chi connectivity index (χ0v) is 9.64. The van der Waals surface area contributed by atoms with E-state index >= 15 is 0 Å². The zero-order chi connectivity index (χ0) is 11.5. The first-order chi connectivity index (χ1) is 7.70. The molecule has 4 nitrogen and oxygen atoms in total. The zero-order valence-electron chi connectivity index (χ0n) is 9.64. The number of rotatable bonds is 5. The third kappa shape index (κ3) is 2.56. The maximum absolute atomic E-state index is 10.5. The molecular formula is C12H16N2O2. The minimum atomic E-state index is 0.0624. The number of aldehydes is 1. The van der Waals surface area contributed by atoms with Gasteiger partial charge in [-0.15, -0.1) is 0 Å². The summed E-state index contributed by atoms with van der Waals surface area (Å²) in [4.78, 5) is 19.2. The molecule has 0 radical (unpaired) electrons. The van der Waals surface area contributed by atoms with Gasteiger partial charge < -0.3 is 9.53 Å². The third-order valence-corrected chi connectivity index (χ3v) is 2.44. The molecular weight excluding hydrogens is 204 g/mol. The Morgan fingerprint density at radius 2 is 2.31 bits per heavy atom. The average Bonchev–Trinajstić information content (AvgIpc) is 3.03.